The number of nitrogens with one attached hydrogen (secondary N) is 1. The lowest BCUT2D eigenvalue weighted by molar-refractivity contribution is 0.209. The molecule has 0 aliphatic carbocycles. The molecule has 0 unspecified atom stereocenters. The van der Waals surface area contributed by atoms with Crippen LogP contribution < -0.4 is 5.32 Å². The summed E-state index contributed by atoms with van der Waals surface area (Å²) in [4.78, 5) is 12.8. The Morgan fingerprint density at radius 2 is 2.62 bits per heavy atom. The largest absolute Gasteiger partial charge is 0.359 e. The molecule has 13 heavy (non-hydrogen) atoms. The van der Waals surface area contributed by atoms with Gasteiger partial charge < -0.3 is 14.7 Å². The minimum Gasteiger partial charge on any atom is -0.359 e. The van der Waals surface area contributed by atoms with E-state index in [2.05, 4.69) is 10.5 Å². The average Bonchev–Trinajstić information content (AvgIpc) is 2.64. The molecule has 0 aromatic carbocycles. The zero-order valence-electron chi connectivity index (χ0n) is 7.41. The van der Waals surface area contributed by atoms with Crippen LogP contribution in [0, 0.1) is 6.92 Å². The summed E-state index contributed by atoms with van der Waals surface area (Å²) < 4.78 is 5.00. The van der Waals surface area contributed by atoms with Crippen molar-refractivity contribution in [2.75, 3.05) is 13.1 Å². The molecule has 1 aliphatic heterocycles. The van der Waals surface area contributed by atoms with Gasteiger partial charge in [-0.1, -0.05) is 5.16 Å². The van der Waals surface area contributed by atoms with Gasteiger partial charge in [0.05, 0.1) is 12.2 Å². The van der Waals surface area contributed by atoms with Gasteiger partial charge in [0.2, 0.25) is 0 Å². The first-order chi connectivity index (χ1) is 6.25. The van der Waals surface area contributed by atoms with E-state index in [1.54, 1.807) is 4.90 Å². The van der Waals surface area contributed by atoms with Crippen LogP contribution in [-0.2, 0) is 6.54 Å². The Balaban J connectivity index is 2.01. The number of urea groups is 1. The second-order valence-corrected chi connectivity index (χ2v) is 3.09. The molecule has 1 aromatic rings. The first-order valence-electron chi connectivity index (χ1n) is 4.20. The molecule has 0 spiro atoms. The van der Waals surface area contributed by atoms with E-state index in [9.17, 15) is 4.79 Å². The van der Waals surface area contributed by atoms with Gasteiger partial charge in [0.1, 0.15) is 0 Å². The smallest absolute Gasteiger partial charge is 0.317 e. The van der Waals surface area contributed by atoms with Gasteiger partial charge in [0.25, 0.3) is 0 Å². The van der Waals surface area contributed by atoms with Crippen LogP contribution in [-0.4, -0.2) is 29.2 Å². The first-order valence-corrected chi connectivity index (χ1v) is 4.20. The van der Waals surface area contributed by atoms with Crippen molar-refractivity contribution in [1.82, 2.24) is 15.4 Å². The zero-order chi connectivity index (χ0) is 9.26. The Bertz CT molecular complexity index is 321. The molecule has 1 N–H and O–H groups in total. The third-order valence-electron chi connectivity index (χ3n) is 1.97. The fourth-order valence-electron chi connectivity index (χ4n) is 1.34. The number of aromatic nitrogens is 1. The van der Waals surface area contributed by atoms with Gasteiger partial charge in [-0.3, -0.25) is 0 Å². The predicted molar refractivity (Wildman–Crippen MR) is 45.0 cm³/mol. The number of hydrogen-bond acceptors (Lipinski definition) is 3. The van der Waals surface area contributed by atoms with Crippen LogP contribution in [0.4, 0.5) is 4.79 Å². The summed E-state index contributed by atoms with van der Waals surface area (Å²) >= 11 is 0. The van der Waals surface area contributed by atoms with Crippen molar-refractivity contribution in [3.05, 3.63) is 17.5 Å². The highest BCUT2D eigenvalue weighted by molar-refractivity contribution is 5.76. The molecule has 1 fully saturated rings. The second kappa shape index (κ2) is 3.08. The Kier molecular flexibility index (Phi) is 1.92. The maximum atomic E-state index is 11.1. The number of carbonyl (C=O) groups is 1. The summed E-state index contributed by atoms with van der Waals surface area (Å²) in [5.74, 6) is 0.731. The van der Waals surface area contributed by atoms with Gasteiger partial charge in [-0.25, -0.2) is 4.79 Å². The molecule has 2 heterocycles. The van der Waals surface area contributed by atoms with E-state index < -0.39 is 0 Å². The van der Waals surface area contributed by atoms with Crippen LogP contribution in [0.1, 0.15) is 11.5 Å². The first kappa shape index (κ1) is 8.10. The Morgan fingerprint density at radius 3 is 3.15 bits per heavy atom. The summed E-state index contributed by atoms with van der Waals surface area (Å²) in [5.41, 5.74) is 0.842. The van der Waals surface area contributed by atoms with Crippen molar-refractivity contribution in [2.45, 2.75) is 13.5 Å². The quantitative estimate of drug-likeness (QED) is 0.723. The van der Waals surface area contributed by atoms with Gasteiger partial charge in [0.15, 0.2) is 5.76 Å². The van der Waals surface area contributed by atoms with Crippen LogP contribution >= 0.6 is 0 Å². The van der Waals surface area contributed by atoms with Crippen LogP contribution in [0.3, 0.4) is 0 Å². The third kappa shape index (κ3) is 1.63. The average molecular weight is 181 g/mol. The molecule has 0 radical (unpaired) electrons. The number of amides is 2. The lowest BCUT2D eigenvalue weighted by Crippen LogP contribution is -2.27. The van der Waals surface area contributed by atoms with Gasteiger partial charge in [-0.15, -0.1) is 0 Å². The molecule has 1 aliphatic rings. The van der Waals surface area contributed by atoms with Crippen LogP contribution in [0.5, 0.6) is 0 Å². The van der Waals surface area contributed by atoms with E-state index in [1.807, 2.05) is 13.0 Å². The molecule has 5 heteroatoms. The summed E-state index contributed by atoms with van der Waals surface area (Å²) in [5, 5.41) is 6.47. The van der Waals surface area contributed by atoms with Crippen molar-refractivity contribution in [2.24, 2.45) is 0 Å². The third-order valence-corrected chi connectivity index (χ3v) is 1.97. The van der Waals surface area contributed by atoms with E-state index in [0.29, 0.717) is 13.1 Å². The number of carbonyl (C=O) groups excluding carboxylic acids is 1. The van der Waals surface area contributed by atoms with E-state index in [0.717, 1.165) is 18.0 Å². The zero-order valence-corrected chi connectivity index (χ0v) is 7.41. The van der Waals surface area contributed by atoms with Gasteiger partial charge in [0, 0.05) is 19.2 Å². The van der Waals surface area contributed by atoms with Gasteiger partial charge >= 0.3 is 6.03 Å². The highest BCUT2D eigenvalue weighted by Crippen LogP contribution is 2.08. The molecule has 0 atom stereocenters. The molecular weight excluding hydrogens is 170 g/mol. The highest BCUT2D eigenvalue weighted by atomic mass is 16.5. The molecule has 2 rings (SSSR count). The van der Waals surface area contributed by atoms with Crippen molar-refractivity contribution in [1.29, 1.82) is 0 Å². The molecule has 1 saturated heterocycles. The Morgan fingerprint density at radius 1 is 1.77 bits per heavy atom. The van der Waals surface area contributed by atoms with Crippen molar-refractivity contribution in [3.63, 3.8) is 0 Å². The normalized spacial score (nSPS) is 16.4. The number of nitrogens with zero attached hydrogens (tertiary/aromatic N) is 2. The highest BCUT2D eigenvalue weighted by Gasteiger charge is 2.20. The van der Waals surface area contributed by atoms with E-state index >= 15 is 0 Å². The number of aryl methyl sites for hydroxylation is 1. The fraction of sp³-hybridized carbons (Fsp3) is 0.500. The van der Waals surface area contributed by atoms with Crippen molar-refractivity contribution in [3.8, 4) is 0 Å². The number of rotatable bonds is 2. The maximum absolute atomic E-state index is 11.1. The summed E-state index contributed by atoms with van der Waals surface area (Å²) in [6.45, 7) is 3.81. The maximum Gasteiger partial charge on any atom is 0.317 e. The van der Waals surface area contributed by atoms with Crippen LogP contribution in [0.15, 0.2) is 10.6 Å². The Labute approximate surface area is 75.7 Å². The molecule has 70 valence electrons. The molecule has 0 bridgehead atoms. The standard InChI is InChI=1S/C8H11N3O2/c1-6-4-7(13-10-6)5-11-3-2-9-8(11)12/h4H,2-3,5H2,1H3,(H,9,12). The van der Waals surface area contributed by atoms with Gasteiger partial charge in [-0.2, -0.15) is 0 Å². The predicted octanol–water partition coefficient (Wildman–Crippen LogP) is 0.508. The van der Waals surface area contributed by atoms with Crippen molar-refractivity contribution < 1.29 is 9.32 Å². The van der Waals surface area contributed by atoms with E-state index in [-0.39, 0.29) is 6.03 Å². The number of hydrogen-bond donors (Lipinski definition) is 1. The van der Waals surface area contributed by atoms with Crippen molar-refractivity contribution >= 4 is 6.03 Å². The summed E-state index contributed by atoms with van der Waals surface area (Å²) in [6.07, 6.45) is 0. The lowest BCUT2D eigenvalue weighted by Gasteiger charge is -2.10. The SMILES string of the molecule is Cc1cc(CN2CCNC2=O)on1. The molecule has 0 saturated carbocycles. The topological polar surface area (TPSA) is 58.4 Å². The lowest BCUT2D eigenvalue weighted by atomic mass is 10.3. The molecule has 5 nitrogen and oxygen atoms in total. The minimum atomic E-state index is -0.0333. The minimum absolute atomic E-state index is 0.0333. The van der Waals surface area contributed by atoms with Crippen LogP contribution in [0.25, 0.3) is 0 Å². The molecule has 2 amide bonds. The monoisotopic (exact) mass is 181 g/mol. The van der Waals surface area contributed by atoms with Crippen LogP contribution in [0.2, 0.25) is 0 Å². The summed E-state index contributed by atoms with van der Waals surface area (Å²) in [6, 6.07) is 1.81. The second-order valence-electron chi connectivity index (χ2n) is 3.09. The Hall–Kier alpha value is -1.52. The summed E-state index contributed by atoms with van der Waals surface area (Å²) in [7, 11) is 0. The fourth-order valence-corrected chi connectivity index (χ4v) is 1.34. The van der Waals surface area contributed by atoms with Gasteiger partial charge in [-0.05, 0) is 6.92 Å². The molecular formula is C8H11N3O2. The molecule has 1 aromatic heterocycles. The van der Waals surface area contributed by atoms with E-state index in [1.165, 1.54) is 0 Å². The van der Waals surface area contributed by atoms with E-state index in [4.69, 9.17) is 4.52 Å².